The first-order valence-corrected chi connectivity index (χ1v) is 8.99. The molecular formula is C16H22ClN3O4S. The summed E-state index contributed by atoms with van der Waals surface area (Å²) in [4.78, 5) is 12.0. The van der Waals surface area contributed by atoms with Crippen molar-refractivity contribution >= 4 is 28.3 Å². The van der Waals surface area contributed by atoms with E-state index >= 15 is 0 Å². The predicted octanol–water partition coefficient (Wildman–Crippen LogP) is 1.90. The van der Waals surface area contributed by atoms with Crippen molar-refractivity contribution < 1.29 is 17.6 Å². The minimum Gasteiger partial charge on any atom is -0.438 e. The Bertz CT molecular complexity index is 816. The molecule has 0 saturated heterocycles. The molecule has 1 heterocycles. The molecule has 1 aromatic heterocycles. The van der Waals surface area contributed by atoms with Crippen LogP contribution < -0.4 is 16.2 Å². The van der Waals surface area contributed by atoms with Crippen LogP contribution in [0.25, 0.3) is 0 Å². The number of sulfonamides is 1. The SMILES string of the molecule is CC(C)c1ccc(C(N)CNC(=O)c2ccc(S(N)(=O)=O)o2)cc1.Cl. The van der Waals surface area contributed by atoms with Crippen molar-refractivity contribution in [1.82, 2.24) is 5.32 Å². The summed E-state index contributed by atoms with van der Waals surface area (Å²) in [7, 11) is -3.97. The predicted molar refractivity (Wildman–Crippen MR) is 97.1 cm³/mol. The fraction of sp³-hybridized carbons (Fsp3) is 0.312. The van der Waals surface area contributed by atoms with Crippen molar-refractivity contribution in [3.05, 3.63) is 53.3 Å². The van der Waals surface area contributed by atoms with Crippen LogP contribution in [0.2, 0.25) is 0 Å². The van der Waals surface area contributed by atoms with Crippen LogP contribution in [0.15, 0.2) is 45.9 Å². The summed E-state index contributed by atoms with van der Waals surface area (Å²) in [6.45, 7) is 4.40. The van der Waals surface area contributed by atoms with E-state index < -0.39 is 21.0 Å². The number of hydrogen-bond acceptors (Lipinski definition) is 5. The average molecular weight is 388 g/mol. The summed E-state index contributed by atoms with van der Waals surface area (Å²) in [5, 5.41) is 7.08. The Morgan fingerprint density at radius 1 is 1.12 bits per heavy atom. The maximum Gasteiger partial charge on any atom is 0.287 e. The second-order valence-electron chi connectivity index (χ2n) is 5.80. The molecule has 0 spiro atoms. The van der Waals surface area contributed by atoms with Crippen LogP contribution in [0.4, 0.5) is 0 Å². The van der Waals surface area contributed by atoms with Crippen LogP contribution in [-0.2, 0) is 10.0 Å². The van der Waals surface area contributed by atoms with E-state index in [1.165, 1.54) is 11.6 Å². The van der Waals surface area contributed by atoms with Crippen LogP contribution in [0.5, 0.6) is 0 Å². The molecule has 1 unspecified atom stereocenters. The summed E-state index contributed by atoms with van der Waals surface area (Å²) in [5.41, 5.74) is 8.16. The highest BCUT2D eigenvalue weighted by Gasteiger charge is 2.18. The summed E-state index contributed by atoms with van der Waals surface area (Å²) in [5.74, 6) is -0.262. The van der Waals surface area contributed by atoms with Gasteiger partial charge in [0.15, 0.2) is 5.76 Å². The van der Waals surface area contributed by atoms with E-state index in [0.717, 1.165) is 11.6 Å². The third kappa shape index (κ3) is 5.57. The molecule has 1 atom stereocenters. The zero-order valence-electron chi connectivity index (χ0n) is 13.9. The lowest BCUT2D eigenvalue weighted by Crippen LogP contribution is -2.31. The molecule has 0 saturated carbocycles. The van der Waals surface area contributed by atoms with E-state index in [4.69, 9.17) is 15.3 Å². The van der Waals surface area contributed by atoms with Gasteiger partial charge in [-0.3, -0.25) is 4.79 Å². The highest BCUT2D eigenvalue weighted by atomic mass is 35.5. The maximum absolute atomic E-state index is 12.0. The van der Waals surface area contributed by atoms with Crippen LogP contribution in [0.3, 0.4) is 0 Å². The lowest BCUT2D eigenvalue weighted by atomic mass is 9.99. The van der Waals surface area contributed by atoms with Crippen LogP contribution in [0, 0.1) is 0 Å². The first-order valence-electron chi connectivity index (χ1n) is 7.44. The summed E-state index contributed by atoms with van der Waals surface area (Å²) >= 11 is 0. The average Bonchev–Trinajstić information content (AvgIpc) is 3.02. The van der Waals surface area contributed by atoms with Crippen LogP contribution in [-0.4, -0.2) is 20.9 Å². The first-order chi connectivity index (χ1) is 11.2. The van der Waals surface area contributed by atoms with Crippen molar-refractivity contribution in [2.75, 3.05) is 6.54 Å². The van der Waals surface area contributed by atoms with Gasteiger partial charge in [0.05, 0.1) is 0 Å². The van der Waals surface area contributed by atoms with Gasteiger partial charge in [-0.15, -0.1) is 12.4 Å². The zero-order chi connectivity index (χ0) is 17.9. The molecule has 1 aromatic carbocycles. The molecule has 25 heavy (non-hydrogen) atoms. The van der Waals surface area contributed by atoms with Crippen LogP contribution in [0.1, 0.15) is 47.5 Å². The number of halogens is 1. The van der Waals surface area contributed by atoms with E-state index in [9.17, 15) is 13.2 Å². The highest BCUT2D eigenvalue weighted by Crippen LogP contribution is 2.17. The second kappa shape index (κ2) is 8.48. The summed E-state index contributed by atoms with van der Waals surface area (Å²) in [6.07, 6.45) is 0. The van der Waals surface area contributed by atoms with Gasteiger partial charge in [-0.2, -0.15) is 0 Å². The van der Waals surface area contributed by atoms with Gasteiger partial charge in [-0.05, 0) is 29.2 Å². The van der Waals surface area contributed by atoms with E-state index in [1.54, 1.807) is 0 Å². The lowest BCUT2D eigenvalue weighted by Gasteiger charge is -2.14. The van der Waals surface area contributed by atoms with E-state index in [2.05, 4.69) is 19.2 Å². The quantitative estimate of drug-likeness (QED) is 0.697. The Hall–Kier alpha value is -1.87. The fourth-order valence-corrected chi connectivity index (χ4v) is 2.59. The fourth-order valence-electron chi connectivity index (χ4n) is 2.13. The van der Waals surface area contributed by atoms with Gasteiger partial charge in [-0.25, -0.2) is 13.6 Å². The topological polar surface area (TPSA) is 128 Å². The Morgan fingerprint density at radius 3 is 2.16 bits per heavy atom. The van der Waals surface area contributed by atoms with E-state index in [0.29, 0.717) is 5.92 Å². The highest BCUT2D eigenvalue weighted by molar-refractivity contribution is 7.89. The third-order valence-electron chi connectivity index (χ3n) is 3.60. The Kier molecular flexibility index (Phi) is 7.18. The number of primary sulfonamides is 1. The molecule has 0 bridgehead atoms. The standard InChI is InChI=1S/C16H21N3O4S.ClH/c1-10(2)11-3-5-12(6-4-11)13(17)9-19-16(20)14-7-8-15(23-14)24(18,21)22;/h3-8,10,13H,9,17H2,1-2H3,(H,19,20)(H2,18,21,22);1H. The van der Waals surface area contributed by atoms with Crippen molar-refractivity contribution in [3.8, 4) is 0 Å². The number of amides is 1. The van der Waals surface area contributed by atoms with Crippen molar-refractivity contribution in [2.45, 2.75) is 30.9 Å². The molecule has 138 valence electrons. The van der Waals surface area contributed by atoms with Gasteiger partial charge >= 0.3 is 0 Å². The number of nitrogens with one attached hydrogen (secondary N) is 1. The molecule has 0 aliphatic heterocycles. The van der Waals surface area contributed by atoms with Crippen molar-refractivity contribution in [3.63, 3.8) is 0 Å². The molecule has 9 heteroatoms. The number of carbonyl (C=O) groups is 1. The zero-order valence-corrected chi connectivity index (χ0v) is 15.6. The molecule has 5 N–H and O–H groups in total. The monoisotopic (exact) mass is 387 g/mol. The molecule has 0 fully saturated rings. The number of hydrogen-bond donors (Lipinski definition) is 3. The summed E-state index contributed by atoms with van der Waals surface area (Å²) in [6, 6.07) is 9.87. The smallest absolute Gasteiger partial charge is 0.287 e. The van der Waals surface area contributed by atoms with E-state index in [1.807, 2.05) is 24.3 Å². The number of furan rings is 1. The van der Waals surface area contributed by atoms with E-state index in [-0.39, 0.29) is 30.8 Å². The normalized spacial score (nSPS) is 12.5. The van der Waals surface area contributed by atoms with Crippen molar-refractivity contribution in [2.24, 2.45) is 10.9 Å². The maximum atomic E-state index is 12.0. The number of benzene rings is 1. The minimum absolute atomic E-state index is 0. The second-order valence-corrected chi connectivity index (χ2v) is 7.29. The third-order valence-corrected chi connectivity index (χ3v) is 4.38. The molecule has 1 amide bonds. The molecule has 2 aromatic rings. The van der Waals surface area contributed by atoms with Gasteiger partial charge in [0.25, 0.3) is 15.9 Å². The molecule has 7 nitrogen and oxygen atoms in total. The largest absolute Gasteiger partial charge is 0.438 e. The van der Waals surface area contributed by atoms with Gasteiger partial charge < -0.3 is 15.5 Å². The number of rotatable bonds is 6. The summed E-state index contributed by atoms with van der Waals surface area (Å²) < 4.78 is 27.2. The molecule has 0 radical (unpaired) electrons. The number of carbonyl (C=O) groups excluding carboxylic acids is 1. The molecule has 0 aliphatic carbocycles. The Morgan fingerprint density at radius 2 is 1.68 bits per heavy atom. The van der Waals surface area contributed by atoms with Gasteiger partial charge in [0.1, 0.15) is 0 Å². The van der Waals surface area contributed by atoms with Crippen LogP contribution >= 0.6 is 12.4 Å². The molecular weight excluding hydrogens is 366 g/mol. The molecule has 0 aliphatic rings. The van der Waals surface area contributed by atoms with Gasteiger partial charge in [0, 0.05) is 12.6 Å². The van der Waals surface area contributed by atoms with Crippen molar-refractivity contribution in [1.29, 1.82) is 0 Å². The Balaban J connectivity index is 0.00000312. The lowest BCUT2D eigenvalue weighted by molar-refractivity contribution is 0.0918. The molecule has 2 rings (SSSR count). The number of nitrogens with two attached hydrogens (primary N) is 2. The van der Waals surface area contributed by atoms with Gasteiger partial charge in [0.2, 0.25) is 5.09 Å². The van der Waals surface area contributed by atoms with Gasteiger partial charge in [-0.1, -0.05) is 38.1 Å². The first kappa shape index (κ1) is 21.2. The minimum atomic E-state index is -3.97. The Labute approximate surface area is 153 Å².